The van der Waals surface area contributed by atoms with E-state index < -0.39 is 18.4 Å². The molecular weight excluding hydrogens is 1160 g/mol. The molecule has 2 unspecified atom stereocenters. The Hall–Kier alpha value is -2.23. The van der Waals surface area contributed by atoms with Crippen LogP contribution in [0.1, 0.15) is 444 Å². The maximum Gasteiger partial charge on any atom is 0.361 e. The van der Waals surface area contributed by atoms with Gasteiger partial charge in [0.15, 0.2) is 6.10 Å². The van der Waals surface area contributed by atoms with Crippen molar-refractivity contribution in [2.24, 2.45) is 0 Å². The zero-order chi connectivity index (χ0) is 68.2. The van der Waals surface area contributed by atoms with Crippen molar-refractivity contribution < 1.29 is 42.9 Å². The number of carbonyl (C=O) groups is 3. The van der Waals surface area contributed by atoms with E-state index in [1.165, 1.54) is 372 Å². The summed E-state index contributed by atoms with van der Waals surface area (Å²) in [6.07, 6.45) is 95.0. The van der Waals surface area contributed by atoms with Gasteiger partial charge in [-0.05, 0) is 44.9 Å². The third-order valence-corrected chi connectivity index (χ3v) is 19.5. The van der Waals surface area contributed by atoms with Crippen LogP contribution in [0.15, 0.2) is 24.3 Å². The lowest BCUT2D eigenvalue weighted by Crippen LogP contribution is -2.40. The van der Waals surface area contributed by atoms with Crippen LogP contribution in [-0.4, -0.2) is 87.4 Å². The minimum atomic E-state index is -1.51. The summed E-state index contributed by atoms with van der Waals surface area (Å²) in [5, 5.41) is 9.78. The van der Waals surface area contributed by atoms with E-state index in [2.05, 4.69) is 38.2 Å². The van der Waals surface area contributed by atoms with E-state index in [0.29, 0.717) is 17.4 Å². The Morgan fingerprint density at radius 3 is 0.840 bits per heavy atom. The van der Waals surface area contributed by atoms with E-state index in [1.807, 2.05) is 21.1 Å². The number of hydrogen-bond acceptors (Lipinski definition) is 7. The lowest BCUT2D eigenvalue weighted by atomic mass is 10.0. The van der Waals surface area contributed by atoms with Crippen molar-refractivity contribution in [3.8, 4) is 0 Å². The largest absolute Gasteiger partial charge is 0.477 e. The van der Waals surface area contributed by atoms with Gasteiger partial charge in [-0.1, -0.05) is 411 Å². The maximum atomic E-state index is 13.0. The highest BCUT2D eigenvalue weighted by Gasteiger charge is 2.25. The first kappa shape index (κ1) is 91.8. The average Bonchev–Trinajstić information content (AvgIpc) is 3.75. The van der Waals surface area contributed by atoms with E-state index in [1.54, 1.807) is 0 Å². The number of carboxylic acid groups (broad SMARTS) is 1. The van der Waals surface area contributed by atoms with Gasteiger partial charge in [0.05, 0.1) is 34.4 Å². The Labute approximate surface area is 586 Å². The summed E-state index contributed by atoms with van der Waals surface area (Å²) in [7, 11) is 6.00. The monoisotopic (exact) mass is 1330 g/mol. The number of rotatable bonds is 80. The van der Waals surface area contributed by atoms with Gasteiger partial charge in [0.2, 0.25) is 0 Å². The number of ether oxygens (including phenoxy) is 4. The Balaban J connectivity index is 3.93. The fourth-order valence-corrected chi connectivity index (χ4v) is 13.1. The van der Waals surface area contributed by atoms with Crippen molar-refractivity contribution in [1.29, 1.82) is 0 Å². The average molecular weight is 1330 g/mol. The number of quaternary nitrogens is 1. The molecule has 556 valence electrons. The Kier molecular flexibility index (Phi) is 74.7. The highest BCUT2D eigenvalue weighted by Crippen LogP contribution is 2.21. The molecule has 9 heteroatoms. The molecular formula is C85H164NO8+. The van der Waals surface area contributed by atoms with Crippen LogP contribution in [0.3, 0.4) is 0 Å². The van der Waals surface area contributed by atoms with Gasteiger partial charge in [-0.15, -0.1) is 0 Å². The van der Waals surface area contributed by atoms with Gasteiger partial charge in [0.25, 0.3) is 6.29 Å². The van der Waals surface area contributed by atoms with Crippen LogP contribution >= 0.6 is 0 Å². The molecule has 94 heavy (non-hydrogen) atoms. The highest BCUT2D eigenvalue weighted by atomic mass is 16.7. The van der Waals surface area contributed by atoms with Crippen molar-refractivity contribution >= 4 is 17.9 Å². The molecule has 0 amide bonds. The molecule has 0 radical (unpaired) electrons. The van der Waals surface area contributed by atoms with Crippen LogP contribution < -0.4 is 0 Å². The van der Waals surface area contributed by atoms with E-state index >= 15 is 0 Å². The lowest BCUT2D eigenvalue weighted by Gasteiger charge is -2.25. The fraction of sp³-hybridized carbons (Fsp3) is 0.918. The Morgan fingerprint density at radius 2 is 0.574 bits per heavy atom. The second-order valence-electron chi connectivity index (χ2n) is 30.2. The SMILES string of the molecule is CCCCCCC/C=C\C/C=C\CCCCCCCCCCCCCCCCCCCCCCCCCCCC(=O)OC(COC(=O)CCCCCCCCCCCCCCCCCCCCCCCCCCCCCCCCCC)COC(OCC[N+](C)(C)C)C(=O)O. The number of hydrogen-bond donors (Lipinski definition) is 1. The van der Waals surface area contributed by atoms with E-state index in [-0.39, 0.29) is 38.2 Å². The van der Waals surface area contributed by atoms with E-state index in [9.17, 15) is 19.5 Å². The smallest absolute Gasteiger partial charge is 0.361 e. The van der Waals surface area contributed by atoms with Crippen LogP contribution in [-0.2, 0) is 33.3 Å². The summed E-state index contributed by atoms with van der Waals surface area (Å²) in [4.78, 5) is 37.8. The summed E-state index contributed by atoms with van der Waals surface area (Å²) >= 11 is 0. The first-order valence-electron chi connectivity index (χ1n) is 42.0. The maximum absolute atomic E-state index is 13.0. The highest BCUT2D eigenvalue weighted by molar-refractivity contribution is 5.71. The fourth-order valence-electron chi connectivity index (χ4n) is 13.1. The number of esters is 2. The Bertz CT molecular complexity index is 1590. The van der Waals surface area contributed by atoms with Gasteiger partial charge < -0.3 is 28.5 Å². The van der Waals surface area contributed by atoms with Gasteiger partial charge in [-0.2, -0.15) is 0 Å². The van der Waals surface area contributed by atoms with Crippen molar-refractivity contribution in [1.82, 2.24) is 0 Å². The first-order chi connectivity index (χ1) is 46.1. The van der Waals surface area contributed by atoms with Gasteiger partial charge in [0.1, 0.15) is 13.2 Å². The van der Waals surface area contributed by atoms with Crippen molar-refractivity contribution in [3.05, 3.63) is 24.3 Å². The predicted octanol–water partition coefficient (Wildman–Crippen LogP) is 26.9. The summed E-state index contributed by atoms with van der Waals surface area (Å²) < 4.78 is 23.1. The second kappa shape index (κ2) is 76.5. The van der Waals surface area contributed by atoms with Crippen LogP contribution in [0, 0.1) is 0 Å². The number of allylic oxidation sites excluding steroid dienone is 4. The topological polar surface area (TPSA) is 108 Å². The van der Waals surface area contributed by atoms with Crippen LogP contribution in [0.5, 0.6) is 0 Å². The minimum absolute atomic E-state index is 0.173. The minimum Gasteiger partial charge on any atom is -0.477 e. The molecule has 0 saturated heterocycles. The van der Waals surface area contributed by atoms with Gasteiger partial charge in [-0.25, -0.2) is 4.79 Å². The molecule has 0 aromatic carbocycles. The molecule has 0 aromatic heterocycles. The van der Waals surface area contributed by atoms with Crippen LogP contribution in [0.2, 0.25) is 0 Å². The third kappa shape index (κ3) is 77.1. The van der Waals surface area contributed by atoms with Crippen molar-refractivity contribution in [2.45, 2.75) is 456 Å². The number of likely N-dealkylation sites (N-methyl/N-ethyl adjacent to an activating group) is 1. The molecule has 9 nitrogen and oxygen atoms in total. The molecule has 0 aromatic rings. The normalized spacial score (nSPS) is 12.6. The molecule has 1 N–H and O–H groups in total. The molecule has 0 aliphatic heterocycles. The van der Waals surface area contributed by atoms with Crippen LogP contribution in [0.25, 0.3) is 0 Å². The quantitative estimate of drug-likeness (QED) is 0.0211. The standard InChI is InChI=1S/C85H163NO8/c1-6-8-10-12-14-16-18-20-22-24-26-28-30-32-34-36-38-40-41-42-43-44-46-48-50-52-54-56-58-60-62-64-66-68-70-72-74-76-83(88)94-81(80-93-85(84(89)90)91-78-77-86(3,4)5)79-92-82(87)75-73-71-69-67-65-63-61-59-57-55-53-51-49-47-45-39-37-35-33-31-29-27-25-23-21-19-17-15-13-11-9-7-2/h18,20,24,26,81,85H,6-17,19,21-23,25,27-80H2,1-5H3/p+1/b20-18-,26-24-. The summed E-state index contributed by atoms with van der Waals surface area (Å²) in [6.45, 7) is 4.96. The molecule has 0 fully saturated rings. The molecule has 0 aliphatic rings. The summed E-state index contributed by atoms with van der Waals surface area (Å²) in [5.74, 6) is -1.96. The van der Waals surface area contributed by atoms with Crippen molar-refractivity contribution in [2.75, 3.05) is 47.5 Å². The number of nitrogens with zero attached hydrogens (tertiary/aromatic N) is 1. The molecule has 0 spiro atoms. The van der Waals surface area contributed by atoms with Crippen LogP contribution in [0.4, 0.5) is 0 Å². The molecule has 0 bridgehead atoms. The Morgan fingerprint density at radius 1 is 0.319 bits per heavy atom. The molecule has 0 heterocycles. The number of aliphatic carboxylic acids is 1. The molecule has 0 aliphatic carbocycles. The zero-order valence-corrected chi connectivity index (χ0v) is 63.9. The zero-order valence-electron chi connectivity index (χ0n) is 63.9. The van der Waals surface area contributed by atoms with E-state index in [4.69, 9.17) is 18.9 Å². The summed E-state index contributed by atoms with van der Waals surface area (Å²) in [5.41, 5.74) is 0. The third-order valence-electron chi connectivity index (χ3n) is 19.5. The van der Waals surface area contributed by atoms with Gasteiger partial charge in [0, 0.05) is 12.8 Å². The van der Waals surface area contributed by atoms with Crippen molar-refractivity contribution in [3.63, 3.8) is 0 Å². The molecule has 0 saturated carbocycles. The second-order valence-corrected chi connectivity index (χ2v) is 30.2. The number of carboxylic acids is 1. The van der Waals surface area contributed by atoms with Gasteiger partial charge >= 0.3 is 17.9 Å². The molecule has 0 rings (SSSR count). The first-order valence-corrected chi connectivity index (χ1v) is 42.0. The van der Waals surface area contributed by atoms with Gasteiger partial charge in [-0.3, -0.25) is 9.59 Å². The molecule has 2 atom stereocenters. The lowest BCUT2D eigenvalue weighted by molar-refractivity contribution is -0.870. The number of carbonyl (C=O) groups excluding carboxylic acids is 2. The predicted molar refractivity (Wildman–Crippen MR) is 406 cm³/mol. The van der Waals surface area contributed by atoms with E-state index in [0.717, 1.165) is 44.9 Å². The summed E-state index contributed by atoms with van der Waals surface area (Å²) in [6, 6.07) is 0. The number of unbranched alkanes of at least 4 members (excludes halogenated alkanes) is 61.